The van der Waals surface area contributed by atoms with Gasteiger partial charge in [0.15, 0.2) is 12.4 Å². The Morgan fingerprint density at radius 2 is 1.80 bits per heavy atom. The summed E-state index contributed by atoms with van der Waals surface area (Å²) in [5, 5.41) is 13.5. The molecule has 0 aliphatic heterocycles. The number of rotatable bonds is 9. The maximum atomic E-state index is 12.3. The van der Waals surface area contributed by atoms with Crippen LogP contribution in [0.15, 0.2) is 36.4 Å². The molecule has 0 saturated heterocycles. The van der Waals surface area contributed by atoms with Crippen LogP contribution in [0.1, 0.15) is 34.3 Å². The molecule has 30 heavy (non-hydrogen) atoms. The molecular formula is C21H22N2O7. The Morgan fingerprint density at radius 3 is 2.47 bits per heavy atom. The normalized spacial score (nSPS) is 10.2. The summed E-state index contributed by atoms with van der Waals surface area (Å²) in [6.07, 6.45) is -0.225. The number of aryl methyl sites for hydroxylation is 2. The second-order valence-electron chi connectivity index (χ2n) is 6.59. The molecule has 2 rings (SSSR count). The summed E-state index contributed by atoms with van der Waals surface area (Å²) in [7, 11) is 1.36. The number of carbonyl (C=O) groups is 3. The van der Waals surface area contributed by atoms with Gasteiger partial charge in [-0.3, -0.25) is 24.5 Å². The molecule has 2 aromatic rings. The zero-order valence-corrected chi connectivity index (χ0v) is 16.9. The van der Waals surface area contributed by atoms with Gasteiger partial charge in [0.25, 0.3) is 11.6 Å². The van der Waals surface area contributed by atoms with Gasteiger partial charge >= 0.3 is 5.97 Å². The van der Waals surface area contributed by atoms with Crippen molar-refractivity contribution in [3.63, 3.8) is 0 Å². The summed E-state index contributed by atoms with van der Waals surface area (Å²) in [5.74, 6) is -1.38. The molecule has 0 aliphatic carbocycles. The molecule has 9 heteroatoms. The van der Waals surface area contributed by atoms with E-state index >= 15 is 0 Å². The van der Waals surface area contributed by atoms with E-state index in [1.165, 1.54) is 25.3 Å². The van der Waals surface area contributed by atoms with E-state index in [0.717, 1.165) is 11.1 Å². The number of carbonyl (C=O) groups excluding carboxylic acids is 3. The lowest BCUT2D eigenvalue weighted by atomic mass is 9.99. The first-order valence-corrected chi connectivity index (χ1v) is 9.09. The Hall–Kier alpha value is -3.75. The predicted molar refractivity (Wildman–Crippen MR) is 109 cm³/mol. The van der Waals surface area contributed by atoms with E-state index < -0.39 is 23.4 Å². The van der Waals surface area contributed by atoms with Crippen molar-refractivity contribution in [1.82, 2.24) is 0 Å². The molecule has 0 bridgehead atoms. The summed E-state index contributed by atoms with van der Waals surface area (Å²) in [5.41, 5.74) is 1.91. The van der Waals surface area contributed by atoms with E-state index in [0.29, 0.717) is 5.56 Å². The van der Waals surface area contributed by atoms with Crippen LogP contribution >= 0.6 is 0 Å². The summed E-state index contributed by atoms with van der Waals surface area (Å²) in [6, 6.07) is 9.43. The van der Waals surface area contributed by atoms with E-state index in [4.69, 9.17) is 9.47 Å². The number of ketones is 1. The molecule has 0 spiro atoms. The Morgan fingerprint density at radius 1 is 1.07 bits per heavy atom. The summed E-state index contributed by atoms with van der Waals surface area (Å²) in [4.78, 5) is 46.6. The topological polar surface area (TPSA) is 125 Å². The Labute approximate surface area is 173 Å². The monoisotopic (exact) mass is 414 g/mol. The first-order valence-electron chi connectivity index (χ1n) is 9.09. The third kappa shape index (κ3) is 6.13. The summed E-state index contributed by atoms with van der Waals surface area (Å²) in [6.45, 7) is 3.06. The standard InChI is InChI=1S/C21H22N2O7/c1-13-4-5-14(2)16(10-13)19(24)8-9-21(26)30-12-20(25)22-17-7-6-15(29-3)11-18(17)23(27)28/h4-7,10-11H,8-9,12H2,1-3H3,(H,22,25). The highest BCUT2D eigenvalue weighted by Crippen LogP contribution is 2.28. The fourth-order valence-corrected chi connectivity index (χ4v) is 2.69. The number of nitrogens with zero attached hydrogens (tertiary/aromatic N) is 1. The minimum atomic E-state index is -0.738. The van der Waals surface area contributed by atoms with Crippen molar-refractivity contribution >= 4 is 29.0 Å². The number of anilines is 1. The molecule has 0 heterocycles. The fourth-order valence-electron chi connectivity index (χ4n) is 2.69. The number of nitro groups is 1. The number of amides is 1. The van der Waals surface area contributed by atoms with E-state index in [-0.39, 0.29) is 35.7 Å². The van der Waals surface area contributed by atoms with Gasteiger partial charge in [-0.05, 0) is 37.6 Å². The molecule has 2 aromatic carbocycles. The van der Waals surface area contributed by atoms with Crippen molar-refractivity contribution in [3.05, 3.63) is 63.2 Å². The Kier molecular flexibility index (Phi) is 7.62. The Bertz CT molecular complexity index is 985. The Balaban J connectivity index is 1.86. The lowest BCUT2D eigenvalue weighted by Gasteiger charge is -2.09. The zero-order valence-electron chi connectivity index (χ0n) is 16.9. The first-order chi connectivity index (χ1) is 14.2. The number of hydrogen-bond donors (Lipinski definition) is 1. The van der Waals surface area contributed by atoms with Crippen LogP contribution < -0.4 is 10.1 Å². The number of nitro benzene ring substituents is 1. The molecule has 158 valence electrons. The minimum absolute atomic E-state index is 0.0469. The number of benzene rings is 2. The van der Waals surface area contributed by atoms with Crippen LogP contribution in [0.25, 0.3) is 0 Å². The average Bonchev–Trinajstić information content (AvgIpc) is 2.72. The minimum Gasteiger partial charge on any atom is -0.496 e. The number of esters is 1. The van der Waals surface area contributed by atoms with Crippen LogP contribution in [-0.2, 0) is 14.3 Å². The van der Waals surface area contributed by atoms with Gasteiger partial charge in [-0.1, -0.05) is 17.7 Å². The first kappa shape index (κ1) is 22.5. The zero-order chi connectivity index (χ0) is 22.3. The maximum absolute atomic E-state index is 12.3. The smallest absolute Gasteiger partial charge is 0.306 e. The third-order valence-corrected chi connectivity index (χ3v) is 4.29. The maximum Gasteiger partial charge on any atom is 0.306 e. The largest absolute Gasteiger partial charge is 0.496 e. The second-order valence-corrected chi connectivity index (χ2v) is 6.59. The van der Waals surface area contributed by atoms with Crippen LogP contribution in [0.4, 0.5) is 11.4 Å². The van der Waals surface area contributed by atoms with Gasteiger partial charge < -0.3 is 14.8 Å². The van der Waals surface area contributed by atoms with E-state index in [1.54, 1.807) is 6.07 Å². The van der Waals surface area contributed by atoms with E-state index in [1.807, 2.05) is 26.0 Å². The van der Waals surface area contributed by atoms with Gasteiger partial charge in [-0.2, -0.15) is 0 Å². The molecule has 0 aliphatic rings. The lowest BCUT2D eigenvalue weighted by molar-refractivity contribution is -0.384. The summed E-state index contributed by atoms with van der Waals surface area (Å²) >= 11 is 0. The van der Waals surface area contributed by atoms with Crippen LogP contribution in [-0.4, -0.2) is 36.3 Å². The number of methoxy groups -OCH3 is 1. The van der Waals surface area contributed by atoms with E-state index in [2.05, 4.69) is 5.32 Å². The molecule has 0 aromatic heterocycles. The molecule has 1 amide bonds. The van der Waals surface area contributed by atoms with Gasteiger partial charge in [0.1, 0.15) is 11.4 Å². The number of nitrogens with one attached hydrogen (secondary N) is 1. The van der Waals surface area contributed by atoms with Crippen LogP contribution in [0, 0.1) is 24.0 Å². The molecule has 0 radical (unpaired) electrons. The molecular weight excluding hydrogens is 392 g/mol. The van der Waals surface area contributed by atoms with Crippen LogP contribution in [0.2, 0.25) is 0 Å². The molecule has 0 atom stereocenters. The van der Waals surface area contributed by atoms with Crippen LogP contribution in [0.5, 0.6) is 5.75 Å². The van der Waals surface area contributed by atoms with Gasteiger partial charge in [-0.25, -0.2) is 0 Å². The average molecular weight is 414 g/mol. The van der Waals surface area contributed by atoms with Crippen molar-refractivity contribution in [3.8, 4) is 5.75 Å². The highest BCUT2D eigenvalue weighted by atomic mass is 16.6. The number of ether oxygens (including phenoxy) is 2. The lowest BCUT2D eigenvalue weighted by Crippen LogP contribution is -2.21. The third-order valence-electron chi connectivity index (χ3n) is 4.29. The van der Waals surface area contributed by atoms with Crippen LogP contribution in [0.3, 0.4) is 0 Å². The van der Waals surface area contributed by atoms with Crippen molar-refractivity contribution in [2.24, 2.45) is 0 Å². The van der Waals surface area contributed by atoms with Gasteiger partial charge in [-0.15, -0.1) is 0 Å². The highest BCUT2D eigenvalue weighted by molar-refractivity contribution is 5.99. The van der Waals surface area contributed by atoms with Gasteiger partial charge in [0.2, 0.25) is 0 Å². The quantitative estimate of drug-likeness (QED) is 0.289. The van der Waals surface area contributed by atoms with Crippen molar-refractivity contribution in [2.45, 2.75) is 26.7 Å². The molecule has 0 saturated carbocycles. The van der Waals surface area contributed by atoms with Crippen molar-refractivity contribution in [2.75, 3.05) is 19.0 Å². The molecule has 0 fully saturated rings. The van der Waals surface area contributed by atoms with E-state index in [9.17, 15) is 24.5 Å². The SMILES string of the molecule is COc1ccc(NC(=O)COC(=O)CCC(=O)c2cc(C)ccc2C)c([N+](=O)[O-])c1. The second kappa shape index (κ2) is 10.1. The number of Topliss-reactive ketones (excluding diaryl/α,β-unsaturated/α-hetero) is 1. The molecule has 0 unspecified atom stereocenters. The number of hydrogen-bond acceptors (Lipinski definition) is 7. The van der Waals surface area contributed by atoms with Gasteiger partial charge in [0, 0.05) is 12.0 Å². The van der Waals surface area contributed by atoms with Gasteiger partial charge in [0.05, 0.1) is 24.5 Å². The summed E-state index contributed by atoms with van der Waals surface area (Å²) < 4.78 is 9.79. The highest BCUT2D eigenvalue weighted by Gasteiger charge is 2.18. The molecule has 1 N–H and O–H groups in total. The molecule has 9 nitrogen and oxygen atoms in total. The van der Waals surface area contributed by atoms with Crippen molar-refractivity contribution in [1.29, 1.82) is 0 Å². The predicted octanol–water partition coefficient (Wildman–Crippen LogP) is 3.37. The fraction of sp³-hybridized carbons (Fsp3) is 0.286. The van der Waals surface area contributed by atoms with Crippen molar-refractivity contribution < 1.29 is 28.8 Å².